The molecular formula is C17H14O2. The average molecular weight is 250 g/mol. The van der Waals surface area contributed by atoms with E-state index in [1.807, 2.05) is 66.7 Å². The lowest BCUT2D eigenvalue weighted by Gasteiger charge is -2.20. The van der Waals surface area contributed by atoms with Gasteiger partial charge in [0, 0.05) is 12.0 Å². The Kier molecular flexibility index (Phi) is 3.15. The van der Waals surface area contributed by atoms with Crippen LogP contribution in [0, 0.1) is 0 Å². The van der Waals surface area contributed by atoms with E-state index in [-0.39, 0.29) is 5.78 Å². The number of Topliss-reactive ketones (excluding diaryl/α,β-unsaturated/α-hetero) is 1. The Morgan fingerprint density at radius 3 is 2.58 bits per heavy atom. The van der Waals surface area contributed by atoms with Crippen molar-refractivity contribution in [3.8, 4) is 5.75 Å². The predicted octanol–water partition coefficient (Wildman–Crippen LogP) is 3.27. The smallest absolute Gasteiger partial charge is 0.181 e. The van der Waals surface area contributed by atoms with Crippen LogP contribution in [0.15, 0.2) is 60.7 Å². The van der Waals surface area contributed by atoms with Crippen LogP contribution in [-0.2, 0) is 11.2 Å². The molecule has 1 unspecified atom stereocenters. The first-order valence-corrected chi connectivity index (χ1v) is 6.33. The molecule has 3 rings (SSSR count). The molecule has 19 heavy (non-hydrogen) atoms. The fourth-order valence-corrected chi connectivity index (χ4v) is 2.16. The molecule has 0 amide bonds. The first-order chi connectivity index (χ1) is 9.33. The van der Waals surface area contributed by atoms with Crippen molar-refractivity contribution in [2.45, 2.75) is 12.5 Å². The van der Waals surface area contributed by atoms with E-state index in [0.717, 1.165) is 16.9 Å². The number of rotatable bonds is 3. The third-order valence-corrected chi connectivity index (χ3v) is 3.16. The number of carbonyl (C=O) groups excluding carboxylic acids is 1. The monoisotopic (exact) mass is 250 g/mol. The Balaban J connectivity index is 1.73. The van der Waals surface area contributed by atoms with Gasteiger partial charge in [-0.15, -0.1) is 0 Å². The number of fused-ring (bicyclic) bond motifs is 1. The van der Waals surface area contributed by atoms with Gasteiger partial charge in [0.1, 0.15) is 5.75 Å². The summed E-state index contributed by atoms with van der Waals surface area (Å²) in [5.74, 6) is 0.855. The molecule has 0 N–H and O–H groups in total. The SMILES string of the molecule is O=C(Cc1ccccc1)C1C=Cc2ccccc2O1. The van der Waals surface area contributed by atoms with Crippen molar-refractivity contribution in [2.75, 3.05) is 0 Å². The number of ketones is 1. The highest BCUT2D eigenvalue weighted by Gasteiger charge is 2.21. The van der Waals surface area contributed by atoms with Crippen LogP contribution in [0.25, 0.3) is 6.08 Å². The molecule has 2 heteroatoms. The molecule has 0 bridgehead atoms. The second kappa shape index (κ2) is 5.11. The van der Waals surface area contributed by atoms with Crippen LogP contribution in [0.3, 0.4) is 0 Å². The summed E-state index contributed by atoms with van der Waals surface area (Å²) >= 11 is 0. The molecule has 2 nitrogen and oxygen atoms in total. The minimum atomic E-state index is -0.477. The van der Waals surface area contributed by atoms with Crippen LogP contribution in [0.2, 0.25) is 0 Å². The number of hydrogen-bond donors (Lipinski definition) is 0. The summed E-state index contributed by atoms with van der Waals surface area (Å²) in [4.78, 5) is 12.2. The zero-order chi connectivity index (χ0) is 13.1. The third-order valence-electron chi connectivity index (χ3n) is 3.16. The summed E-state index contributed by atoms with van der Waals surface area (Å²) in [5.41, 5.74) is 2.04. The Bertz CT molecular complexity index is 614. The van der Waals surface area contributed by atoms with Crippen molar-refractivity contribution in [3.63, 3.8) is 0 Å². The normalized spacial score (nSPS) is 16.5. The summed E-state index contributed by atoms with van der Waals surface area (Å²) < 4.78 is 5.73. The van der Waals surface area contributed by atoms with Gasteiger partial charge in [-0.2, -0.15) is 0 Å². The Morgan fingerprint density at radius 2 is 1.74 bits per heavy atom. The van der Waals surface area contributed by atoms with Crippen molar-refractivity contribution in [1.82, 2.24) is 0 Å². The zero-order valence-corrected chi connectivity index (χ0v) is 10.5. The van der Waals surface area contributed by atoms with Crippen LogP contribution in [0.4, 0.5) is 0 Å². The summed E-state index contributed by atoms with van der Waals surface area (Å²) in [6, 6.07) is 17.5. The molecule has 0 fully saturated rings. The minimum absolute atomic E-state index is 0.0805. The van der Waals surface area contributed by atoms with Crippen LogP contribution >= 0.6 is 0 Å². The van der Waals surface area contributed by atoms with Gasteiger partial charge >= 0.3 is 0 Å². The number of benzene rings is 2. The predicted molar refractivity (Wildman–Crippen MR) is 75.0 cm³/mol. The molecule has 0 aromatic heterocycles. The quantitative estimate of drug-likeness (QED) is 0.835. The third kappa shape index (κ3) is 2.58. The van der Waals surface area contributed by atoms with Gasteiger partial charge in [-0.3, -0.25) is 4.79 Å². The fraction of sp³-hybridized carbons (Fsp3) is 0.118. The first kappa shape index (κ1) is 11.7. The van der Waals surface area contributed by atoms with E-state index in [0.29, 0.717) is 6.42 Å². The van der Waals surface area contributed by atoms with Gasteiger partial charge in [0.05, 0.1) is 0 Å². The van der Waals surface area contributed by atoms with E-state index in [4.69, 9.17) is 4.74 Å². The molecule has 0 spiro atoms. The van der Waals surface area contributed by atoms with Crippen LogP contribution in [0.1, 0.15) is 11.1 Å². The van der Waals surface area contributed by atoms with Crippen molar-refractivity contribution in [2.24, 2.45) is 0 Å². The highest BCUT2D eigenvalue weighted by Crippen LogP contribution is 2.25. The van der Waals surface area contributed by atoms with E-state index >= 15 is 0 Å². The maximum absolute atomic E-state index is 12.2. The van der Waals surface area contributed by atoms with Gasteiger partial charge in [0.2, 0.25) is 0 Å². The molecule has 1 aliphatic heterocycles. The van der Waals surface area contributed by atoms with Gasteiger partial charge in [-0.05, 0) is 17.7 Å². The standard InChI is InChI=1S/C17H14O2/c18-15(12-13-6-2-1-3-7-13)17-11-10-14-8-4-5-9-16(14)19-17/h1-11,17H,12H2. The summed E-state index contributed by atoms with van der Waals surface area (Å²) in [6.07, 6.45) is 3.70. The maximum atomic E-state index is 12.2. The lowest BCUT2D eigenvalue weighted by molar-refractivity contribution is -0.123. The van der Waals surface area contributed by atoms with E-state index in [1.54, 1.807) is 0 Å². The van der Waals surface area contributed by atoms with Crippen molar-refractivity contribution >= 4 is 11.9 Å². The van der Waals surface area contributed by atoms with Gasteiger partial charge in [-0.25, -0.2) is 0 Å². The van der Waals surface area contributed by atoms with Crippen LogP contribution in [-0.4, -0.2) is 11.9 Å². The van der Waals surface area contributed by atoms with Crippen molar-refractivity contribution in [3.05, 3.63) is 71.8 Å². The zero-order valence-electron chi connectivity index (χ0n) is 10.5. The molecule has 0 aliphatic carbocycles. The topological polar surface area (TPSA) is 26.3 Å². The molecule has 1 atom stereocenters. The molecule has 0 radical (unpaired) electrons. The lowest BCUT2D eigenvalue weighted by atomic mass is 10.0. The van der Waals surface area contributed by atoms with E-state index in [1.165, 1.54) is 0 Å². The van der Waals surface area contributed by atoms with Gasteiger partial charge in [0.25, 0.3) is 0 Å². The highest BCUT2D eigenvalue weighted by molar-refractivity contribution is 5.89. The van der Waals surface area contributed by atoms with Gasteiger partial charge in [-0.1, -0.05) is 54.6 Å². The molecule has 0 saturated heterocycles. The fourth-order valence-electron chi connectivity index (χ4n) is 2.16. The lowest BCUT2D eigenvalue weighted by Crippen LogP contribution is -2.28. The van der Waals surface area contributed by atoms with Gasteiger partial charge in [0.15, 0.2) is 11.9 Å². The van der Waals surface area contributed by atoms with Crippen LogP contribution in [0.5, 0.6) is 5.75 Å². The Hall–Kier alpha value is -2.35. The number of para-hydroxylation sites is 1. The number of ether oxygens (including phenoxy) is 1. The summed E-state index contributed by atoms with van der Waals surface area (Å²) in [5, 5.41) is 0. The molecule has 1 aliphatic rings. The number of carbonyl (C=O) groups is 1. The molecular weight excluding hydrogens is 236 g/mol. The molecule has 2 aromatic carbocycles. The second-order valence-corrected chi connectivity index (χ2v) is 4.56. The molecule has 1 heterocycles. The van der Waals surface area contributed by atoms with Crippen molar-refractivity contribution in [1.29, 1.82) is 0 Å². The second-order valence-electron chi connectivity index (χ2n) is 4.56. The first-order valence-electron chi connectivity index (χ1n) is 6.33. The maximum Gasteiger partial charge on any atom is 0.181 e. The Labute approximate surface area is 112 Å². The average Bonchev–Trinajstić information content (AvgIpc) is 2.48. The molecule has 94 valence electrons. The van der Waals surface area contributed by atoms with Gasteiger partial charge < -0.3 is 4.74 Å². The highest BCUT2D eigenvalue weighted by atomic mass is 16.5. The molecule has 0 saturated carbocycles. The van der Waals surface area contributed by atoms with Crippen LogP contribution < -0.4 is 4.74 Å². The van der Waals surface area contributed by atoms with E-state index in [2.05, 4.69) is 0 Å². The van der Waals surface area contributed by atoms with E-state index in [9.17, 15) is 4.79 Å². The summed E-state index contributed by atoms with van der Waals surface area (Å²) in [7, 11) is 0. The Morgan fingerprint density at radius 1 is 1.00 bits per heavy atom. The molecule has 2 aromatic rings. The summed E-state index contributed by atoms with van der Waals surface area (Å²) in [6.45, 7) is 0. The van der Waals surface area contributed by atoms with E-state index < -0.39 is 6.10 Å². The minimum Gasteiger partial charge on any atom is -0.478 e. The largest absolute Gasteiger partial charge is 0.478 e. The van der Waals surface area contributed by atoms with Crippen molar-refractivity contribution < 1.29 is 9.53 Å². The number of hydrogen-bond acceptors (Lipinski definition) is 2.